The van der Waals surface area contributed by atoms with Gasteiger partial charge < -0.3 is 19.9 Å². The number of halogens is 1. The van der Waals surface area contributed by atoms with Crippen molar-refractivity contribution in [1.29, 1.82) is 0 Å². The first-order chi connectivity index (χ1) is 12.5. The molecule has 26 heavy (non-hydrogen) atoms. The van der Waals surface area contributed by atoms with Gasteiger partial charge in [-0.15, -0.1) is 0 Å². The Kier molecular flexibility index (Phi) is 8.69. The number of amides is 1. The van der Waals surface area contributed by atoms with Gasteiger partial charge in [0.15, 0.2) is 5.79 Å². The van der Waals surface area contributed by atoms with Crippen LogP contribution in [-0.2, 0) is 14.3 Å². The first kappa shape index (κ1) is 21.0. The Bertz CT molecular complexity index is 573. The molecule has 1 aliphatic heterocycles. The Morgan fingerprint density at radius 1 is 1.15 bits per heavy atom. The first-order valence-electron chi connectivity index (χ1n) is 9.61. The minimum absolute atomic E-state index is 0.0165. The van der Waals surface area contributed by atoms with Gasteiger partial charge in [0.25, 0.3) is 0 Å². The molecule has 0 unspecified atom stereocenters. The second kappa shape index (κ2) is 10.8. The van der Waals surface area contributed by atoms with Gasteiger partial charge in [-0.3, -0.25) is 4.79 Å². The lowest BCUT2D eigenvalue weighted by molar-refractivity contribution is -0.172. The number of benzene rings is 1. The van der Waals surface area contributed by atoms with Gasteiger partial charge in [-0.05, 0) is 24.6 Å². The molecule has 2 N–H and O–H groups in total. The molecule has 1 aromatic carbocycles. The molecule has 1 fully saturated rings. The van der Waals surface area contributed by atoms with Crippen molar-refractivity contribution >= 4 is 23.2 Å². The van der Waals surface area contributed by atoms with E-state index in [9.17, 15) is 9.90 Å². The van der Waals surface area contributed by atoms with Crippen molar-refractivity contribution in [2.75, 3.05) is 18.5 Å². The van der Waals surface area contributed by atoms with E-state index in [2.05, 4.69) is 12.2 Å². The summed E-state index contributed by atoms with van der Waals surface area (Å²) in [5, 5.41) is 13.0. The molecule has 0 aromatic heterocycles. The van der Waals surface area contributed by atoms with Crippen molar-refractivity contribution in [3.8, 4) is 5.75 Å². The summed E-state index contributed by atoms with van der Waals surface area (Å²) in [7, 11) is 0. The van der Waals surface area contributed by atoms with E-state index >= 15 is 0 Å². The van der Waals surface area contributed by atoms with E-state index in [4.69, 9.17) is 21.1 Å². The Balaban J connectivity index is 1.80. The summed E-state index contributed by atoms with van der Waals surface area (Å²) in [6.45, 7) is 3.23. The standard InChI is InChI=1S/C20H30ClNO4/c1-2-3-4-5-6-7-8-11-20(25-12-13-26-20)15-19(24)22-17-14-16(21)9-10-18(17)23/h9-10,14,23H,2-8,11-13,15H2,1H3,(H,22,24). The summed E-state index contributed by atoms with van der Waals surface area (Å²) in [5.41, 5.74) is 0.298. The molecule has 0 radical (unpaired) electrons. The van der Waals surface area contributed by atoms with E-state index < -0.39 is 5.79 Å². The third-order valence-electron chi connectivity index (χ3n) is 4.64. The summed E-state index contributed by atoms with van der Waals surface area (Å²) in [4.78, 5) is 12.4. The van der Waals surface area contributed by atoms with Gasteiger partial charge >= 0.3 is 0 Å². The molecule has 1 saturated heterocycles. The largest absolute Gasteiger partial charge is 0.506 e. The van der Waals surface area contributed by atoms with Crippen LogP contribution in [0, 0.1) is 0 Å². The normalized spacial score (nSPS) is 15.9. The van der Waals surface area contributed by atoms with Crippen LogP contribution < -0.4 is 5.32 Å². The van der Waals surface area contributed by atoms with E-state index in [-0.39, 0.29) is 18.1 Å². The predicted octanol–water partition coefficient (Wildman–Crippen LogP) is 5.26. The molecule has 2 rings (SSSR count). The molecule has 5 nitrogen and oxygen atoms in total. The molecular formula is C20H30ClNO4. The zero-order valence-corrected chi connectivity index (χ0v) is 16.3. The number of phenolic OH excluding ortho intramolecular Hbond substituents is 1. The number of carbonyl (C=O) groups excluding carboxylic acids is 1. The lowest BCUT2D eigenvalue weighted by atomic mass is 10.0. The van der Waals surface area contributed by atoms with Crippen LogP contribution in [0.3, 0.4) is 0 Å². The van der Waals surface area contributed by atoms with Crippen molar-refractivity contribution in [3.63, 3.8) is 0 Å². The lowest BCUT2D eigenvalue weighted by Crippen LogP contribution is -2.35. The second-order valence-corrected chi connectivity index (χ2v) is 7.30. The molecule has 1 aliphatic rings. The highest BCUT2D eigenvalue weighted by Crippen LogP contribution is 2.32. The average Bonchev–Trinajstić information content (AvgIpc) is 3.06. The fourth-order valence-electron chi connectivity index (χ4n) is 3.23. The number of phenols is 1. The van der Waals surface area contributed by atoms with Gasteiger partial charge in [-0.25, -0.2) is 0 Å². The molecule has 0 spiro atoms. The maximum absolute atomic E-state index is 12.4. The van der Waals surface area contributed by atoms with Crippen LogP contribution in [0.15, 0.2) is 18.2 Å². The molecule has 6 heteroatoms. The van der Waals surface area contributed by atoms with Crippen LogP contribution in [-0.4, -0.2) is 30.0 Å². The van der Waals surface area contributed by atoms with Crippen molar-refractivity contribution in [2.45, 2.75) is 70.5 Å². The molecule has 0 atom stereocenters. The van der Waals surface area contributed by atoms with Gasteiger partial charge in [0.05, 0.1) is 25.3 Å². The van der Waals surface area contributed by atoms with Crippen LogP contribution in [0.2, 0.25) is 5.02 Å². The van der Waals surface area contributed by atoms with E-state index in [0.29, 0.717) is 30.3 Å². The molecule has 146 valence electrons. The van der Waals surface area contributed by atoms with Crippen molar-refractivity contribution in [2.24, 2.45) is 0 Å². The highest BCUT2D eigenvalue weighted by molar-refractivity contribution is 6.31. The van der Waals surface area contributed by atoms with Gasteiger partial charge in [0, 0.05) is 11.4 Å². The summed E-state index contributed by atoms with van der Waals surface area (Å²) >= 11 is 5.92. The van der Waals surface area contributed by atoms with Crippen LogP contribution in [0.1, 0.15) is 64.7 Å². The summed E-state index contributed by atoms with van der Waals surface area (Å²) in [5.74, 6) is -1.12. The molecular weight excluding hydrogens is 354 g/mol. The number of carbonyl (C=O) groups is 1. The number of hydrogen-bond acceptors (Lipinski definition) is 4. The van der Waals surface area contributed by atoms with E-state index in [0.717, 1.165) is 12.8 Å². The zero-order valence-electron chi connectivity index (χ0n) is 15.6. The number of aromatic hydroxyl groups is 1. The third kappa shape index (κ3) is 6.78. The number of unbranched alkanes of at least 4 members (excludes halogenated alkanes) is 6. The van der Waals surface area contributed by atoms with Gasteiger partial charge in [0.1, 0.15) is 5.75 Å². The number of ether oxygens (including phenoxy) is 2. The minimum Gasteiger partial charge on any atom is -0.506 e. The van der Waals surface area contributed by atoms with Crippen molar-refractivity contribution < 1.29 is 19.4 Å². The molecule has 0 bridgehead atoms. The SMILES string of the molecule is CCCCCCCCCC1(CC(=O)Nc2cc(Cl)ccc2O)OCCO1. The Morgan fingerprint density at radius 3 is 2.50 bits per heavy atom. The Labute approximate surface area is 161 Å². The van der Waals surface area contributed by atoms with Crippen LogP contribution in [0.4, 0.5) is 5.69 Å². The molecule has 0 saturated carbocycles. The fraction of sp³-hybridized carbons (Fsp3) is 0.650. The van der Waals surface area contributed by atoms with E-state index in [1.807, 2.05) is 0 Å². The minimum atomic E-state index is -0.846. The summed E-state index contributed by atoms with van der Waals surface area (Å²) in [6, 6.07) is 4.54. The lowest BCUT2D eigenvalue weighted by Gasteiger charge is -2.27. The number of nitrogens with one attached hydrogen (secondary N) is 1. The topological polar surface area (TPSA) is 67.8 Å². The number of hydrogen-bond donors (Lipinski definition) is 2. The van der Waals surface area contributed by atoms with Crippen LogP contribution in [0.25, 0.3) is 0 Å². The fourth-order valence-corrected chi connectivity index (χ4v) is 3.40. The molecule has 0 aliphatic carbocycles. The van der Waals surface area contributed by atoms with E-state index in [1.54, 1.807) is 6.07 Å². The maximum Gasteiger partial charge on any atom is 0.229 e. The molecule has 1 amide bonds. The number of rotatable bonds is 11. The zero-order chi connectivity index (χ0) is 18.8. The Hall–Kier alpha value is -1.30. The Morgan fingerprint density at radius 2 is 1.81 bits per heavy atom. The maximum atomic E-state index is 12.4. The molecule has 1 aromatic rings. The van der Waals surface area contributed by atoms with Gasteiger partial charge in [-0.1, -0.05) is 57.0 Å². The van der Waals surface area contributed by atoms with Crippen molar-refractivity contribution in [3.05, 3.63) is 23.2 Å². The third-order valence-corrected chi connectivity index (χ3v) is 4.87. The summed E-state index contributed by atoms with van der Waals surface area (Å²) < 4.78 is 11.6. The first-order valence-corrected chi connectivity index (χ1v) is 9.99. The smallest absolute Gasteiger partial charge is 0.229 e. The molecule has 1 heterocycles. The van der Waals surface area contributed by atoms with E-state index in [1.165, 1.54) is 44.2 Å². The summed E-state index contributed by atoms with van der Waals surface area (Å²) in [6.07, 6.45) is 9.21. The predicted molar refractivity (Wildman–Crippen MR) is 104 cm³/mol. The highest BCUT2D eigenvalue weighted by atomic mass is 35.5. The van der Waals surface area contributed by atoms with Crippen LogP contribution >= 0.6 is 11.6 Å². The number of anilines is 1. The van der Waals surface area contributed by atoms with Crippen LogP contribution in [0.5, 0.6) is 5.75 Å². The average molecular weight is 384 g/mol. The monoisotopic (exact) mass is 383 g/mol. The second-order valence-electron chi connectivity index (χ2n) is 6.87. The van der Waals surface area contributed by atoms with Gasteiger partial charge in [0.2, 0.25) is 5.91 Å². The van der Waals surface area contributed by atoms with Crippen molar-refractivity contribution in [1.82, 2.24) is 0 Å². The quantitative estimate of drug-likeness (QED) is 0.404. The van der Waals surface area contributed by atoms with Gasteiger partial charge in [-0.2, -0.15) is 0 Å². The highest BCUT2D eigenvalue weighted by Gasteiger charge is 2.38.